The van der Waals surface area contributed by atoms with Crippen molar-refractivity contribution in [3.8, 4) is 0 Å². The normalized spacial score (nSPS) is 21.1. The van der Waals surface area contributed by atoms with Crippen LogP contribution in [0.25, 0.3) is 0 Å². The van der Waals surface area contributed by atoms with Gasteiger partial charge < -0.3 is 4.74 Å². The highest BCUT2D eigenvalue weighted by atomic mass is 16.6. The molecule has 0 amide bonds. The Hall–Kier alpha value is -0.300. The second kappa shape index (κ2) is 11.4. The summed E-state index contributed by atoms with van der Waals surface area (Å²) in [7, 11) is 0. The molecule has 0 bridgehead atoms. The Kier molecular flexibility index (Phi) is 10.1. The average Bonchev–Trinajstić information content (AvgIpc) is 3.16. The largest absolute Gasteiger partial charge is 0.370 e. The molecule has 1 fully saturated rings. The Labute approximate surface area is 127 Å². The summed E-state index contributed by atoms with van der Waals surface area (Å²) in [5, 5.41) is 0. The van der Waals surface area contributed by atoms with E-state index in [9.17, 15) is 0 Å². The van der Waals surface area contributed by atoms with Gasteiger partial charge in [0, 0.05) is 0 Å². The maximum absolute atomic E-state index is 5.76. The van der Waals surface area contributed by atoms with Gasteiger partial charge in [0.15, 0.2) is 0 Å². The zero-order valence-electron chi connectivity index (χ0n) is 14.0. The lowest BCUT2D eigenvalue weighted by Gasteiger charge is -2.01. The Morgan fingerprint density at radius 3 is 1.85 bits per heavy atom. The van der Waals surface area contributed by atoms with Gasteiger partial charge in [0.2, 0.25) is 0 Å². The van der Waals surface area contributed by atoms with E-state index in [0.29, 0.717) is 12.2 Å². The molecule has 0 aliphatic carbocycles. The molecule has 0 unspecified atom stereocenters. The van der Waals surface area contributed by atoms with Gasteiger partial charge >= 0.3 is 0 Å². The first-order valence-corrected chi connectivity index (χ1v) is 9.04. The minimum atomic E-state index is 0.602. The summed E-state index contributed by atoms with van der Waals surface area (Å²) in [5.74, 6) is 0. The highest BCUT2D eigenvalue weighted by Crippen LogP contribution is 2.31. The van der Waals surface area contributed by atoms with E-state index in [2.05, 4.69) is 20.4 Å². The highest BCUT2D eigenvalue weighted by molar-refractivity contribution is 4.88. The number of epoxide rings is 1. The standard InChI is InChI=1S/C19H36O/c1-4-5-6-7-8-9-10-11-15-18-19(20-18)16-13-12-14-17(2)3/h18-19H,2,4-16H2,1,3H3/t18-,19+/m0/s1. The summed E-state index contributed by atoms with van der Waals surface area (Å²) in [6, 6.07) is 0. The zero-order chi connectivity index (χ0) is 14.6. The first-order chi connectivity index (χ1) is 9.74. The minimum Gasteiger partial charge on any atom is -0.370 e. The smallest absolute Gasteiger partial charge is 0.0841 e. The van der Waals surface area contributed by atoms with Gasteiger partial charge in [0.05, 0.1) is 12.2 Å². The highest BCUT2D eigenvalue weighted by Gasteiger charge is 2.36. The number of ether oxygens (including phenoxy) is 1. The SMILES string of the molecule is C=C(C)CCCC[C@H]1O[C@H]1CCCCCCCCCC. The maximum Gasteiger partial charge on any atom is 0.0841 e. The van der Waals surface area contributed by atoms with E-state index in [1.165, 1.54) is 89.0 Å². The minimum absolute atomic E-state index is 0.602. The summed E-state index contributed by atoms with van der Waals surface area (Å²) in [6.45, 7) is 8.36. The van der Waals surface area contributed by atoms with E-state index in [0.717, 1.165) is 0 Å². The molecule has 1 saturated heterocycles. The number of hydrogen-bond acceptors (Lipinski definition) is 1. The van der Waals surface area contributed by atoms with Crippen LogP contribution in [0.15, 0.2) is 12.2 Å². The van der Waals surface area contributed by atoms with Gasteiger partial charge in [-0.3, -0.25) is 0 Å². The number of unbranched alkanes of at least 4 members (excludes halogenated alkanes) is 8. The van der Waals surface area contributed by atoms with Crippen LogP contribution in [0, 0.1) is 0 Å². The van der Waals surface area contributed by atoms with Crippen LogP contribution in [0.5, 0.6) is 0 Å². The molecule has 0 aromatic heterocycles. The fourth-order valence-electron chi connectivity index (χ4n) is 2.94. The Bertz CT molecular complexity index is 246. The van der Waals surface area contributed by atoms with Crippen LogP contribution in [-0.2, 0) is 4.74 Å². The molecule has 1 heteroatoms. The van der Waals surface area contributed by atoms with Crippen molar-refractivity contribution in [3.05, 3.63) is 12.2 Å². The quantitative estimate of drug-likeness (QED) is 0.203. The van der Waals surface area contributed by atoms with Gasteiger partial charge in [0.25, 0.3) is 0 Å². The van der Waals surface area contributed by atoms with Crippen molar-refractivity contribution in [1.82, 2.24) is 0 Å². The molecule has 0 radical (unpaired) electrons. The van der Waals surface area contributed by atoms with Crippen molar-refractivity contribution in [1.29, 1.82) is 0 Å². The molecule has 0 aromatic rings. The lowest BCUT2D eigenvalue weighted by molar-refractivity contribution is 0.348. The van der Waals surface area contributed by atoms with Gasteiger partial charge in [-0.25, -0.2) is 0 Å². The third-order valence-electron chi connectivity index (χ3n) is 4.37. The Morgan fingerprint density at radius 2 is 1.30 bits per heavy atom. The second-order valence-electron chi connectivity index (χ2n) is 6.68. The van der Waals surface area contributed by atoms with E-state index in [1.54, 1.807) is 0 Å². The Balaban J connectivity index is 1.77. The van der Waals surface area contributed by atoms with Crippen molar-refractivity contribution in [2.24, 2.45) is 0 Å². The third-order valence-corrected chi connectivity index (χ3v) is 4.37. The van der Waals surface area contributed by atoms with Crippen LogP contribution in [0.3, 0.4) is 0 Å². The van der Waals surface area contributed by atoms with E-state index in [4.69, 9.17) is 4.74 Å². The van der Waals surface area contributed by atoms with Crippen LogP contribution >= 0.6 is 0 Å². The third kappa shape index (κ3) is 9.58. The molecule has 0 aromatic carbocycles. The fourth-order valence-corrected chi connectivity index (χ4v) is 2.94. The molecule has 1 heterocycles. The molecule has 1 rings (SSSR count). The topological polar surface area (TPSA) is 12.5 Å². The van der Waals surface area contributed by atoms with Crippen molar-refractivity contribution < 1.29 is 4.74 Å². The molecule has 0 spiro atoms. The van der Waals surface area contributed by atoms with Crippen molar-refractivity contribution in [3.63, 3.8) is 0 Å². The monoisotopic (exact) mass is 280 g/mol. The first-order valence-electron chi connectivity index (χ1n) is 9.04. The van der Waals surface area contributed by atoms with E-state index in [1.807, 2.05) is 0 Å². The molecule has 20 heavy (non-hydrogen) atoms. The molecule has 1 aliphatic heterocycles. The Morgan fingerprint density at radius 1 is 0.800 bits per heavy atom. The fraction of sp³-hybridized carbons (Fsp3) is 0.895. The van der Waals surface area contributed by atoms with Crippen molar-refractivity contribution >= 4 is 0 Å². The van der Waals surface area contributed by atoms with Crippen LogP contribution in [-0.4, -0.2) is 12.2 Å². The summed E-state index contributed by atoms with van der Waals surface area (Å²) >= 11 is 0. The molecular weight excluding hydrogens is 244 g/mol. The van der Waals surface area contributed by atoms with Crippen LogP contribution in [0.1, 0.15) is 97.3 Å². The van der Waals surface area contributed by atoms with E-state index < -0.39 is 0 Å². The van der Waals surface area contributed by atoms with Crippen LogP contribution < -0.4 is 0 Å². The maximum atomic E-state index is 5.76. The summed E-state index contributed by atoms with van der Waals surface area (Å²) in [6.07, 6.45) is 18.9. The van der Waals surface area contributed by atoms with E-state index >= 15 is 0 Å². The van der Waals surface area contributed by atoms with Crippen molar-refractivity contribution in [2.75, 3.05) is 0 Å². The van der Waals surface area contributed by atoms with Gasteiger partial charge in [-0.1, -0.05) is 70.3 Å². The molecule has 1 nitrogen and oxygen atoms in total. The molecule has 0 N–H and O–H groups in total. The van der Waals surface area contributed by atoms with Crippen LogP contribution in [0.4, 0.5) is 0 Å². The molecular formula is C19H36O. The van der Waals surface area contributed by atoms with E-state index in [-0.39, 0.29) is 0 Å². The summed E-state index contributed by atoms with van der Waals surface area (Å²) in [5.41, 5.74) is 1.32. The van der Waals surface area contributed by atoms with Gasteiger partial charge in [-0.15, -0.1) is 6.58 Å². The van der Waals surface area contributed by atoms with Gasteiger partial charge in [-0.05, 0) is 32.6 Å². The van der Waals surface area contributed by atoms with Gasteiger partial charge in [0.1, 0.15) is 0 Å². The lowest BCUT2D eigenvalue weighted by Crippen LogP contribution is -1.94. The molecule has 1 aliphatic rings. The lowest BCUT2D eigenvalue weighted by atomic mass is 10.0. The summed E-state index contributed by atoms with van der Waals surface area (Å²) < 4.78 is 5.76. The zero-order valence-corrected chi connectivity index (χ0v) is 14.0. The first kappa shape index (κ1) is 17.8. The predicted molar refractivity (Wildman–Crippen MR) is 89.2 cm³/mol. The number of rotatable bonds is 14. The number of allylic oxidation sites excluding steroid dienone is 1. The number of hydrogen-bond donors (Lipinski definition) is 0. The second-order valence-corrected chi connectivity index (χ2v) is 6.68. The molecule has 0 saturated carbocycles. The molecule has 2 atom stereocenters. The van der Waals surface area contributed by atoms with Crippen LogP contribution in [0.2, 0.25) is 0 Å². The van der Waals surface area contributed by atoms with Crippen molar-refractivity contribution in [2.45, 2.75) is 110 Å². The average molecular weight is 280 g/mol. The summed E-state index contributed by atoms with van der Waals surface area (Å²) in [4.78, 5) is 0. The van der Waals surface area contributed by atoms with Gasteiger partial charge in [-0.2, -0.15) is 0 Å². The molecule has 118 valence electrons. The predicted octanol–water partition coefficient (Wildman–Crippen LogP) is 6.42.